The van der Waals surface area contributed by atoms with E-state index in [1.54, 1.807) is 0 Å². The van der Waals surface area contributed by atoms with Gasteiger partial charge in [0.2, 0.25) is 0 Å². The van der Waals surface area contributed by atoms with Gasteiger partial charge in [0.25, 0.3) is 0 Å². The van der Waals surface area contributed by atoms with Gasteiger partial charge in [-0.2, -0.15) is 0 Å². The zero-order valence-corrected chi connectivity index (χ0v) is 21.5. The number of unbranched alkanes of at least 4 members (excludes halogenated alkanes) is 2. The molecular weight excluding hydrogens is 436 g/mol. The van der Waals surface area contributed by atoms with E-state index in [4.69, 9.17) is 9.47 Å². The van der Waals surface area contributed by atoms with E-state index in [0.29, 0.717) is 23.7 Å². The molecule has 0 spiro atoms. The first-order chi connectivity index (χ1) is 17.0. The molecule has 35 heavy (non-hydrogen) atoms. The van der Waals surface area contributed by atoms with Crippen LogP contribution in [-0.4, -0.2) is 23.8 Å². The summed E-state index contributed by atoms with van der Waals surface area (Å²) in [5.74, 6) is 3.22. The standard InChI is InChI=1S/C31H42O4/c1-3-4-6-13-26(32)15-16-27-22(2)17-25-19-29-24(18-28(25)27)12-9-14-30(29)34-21-31(33)35-20-23-10-7-5-8-11-23/h5,7-12,14,22,25-28,32H,3-4,6,13,15-21H2,1-2H3/t22-,25-,26+,27+,28+/m1/s1. The van der Waals surface area contributed by atoms with Crippen LogP contribution in [0.2, 0.25) is 0 Å². The van der Waals surface area contributed by atoms with Crippen molar-refractivity contribution in [3.8, 4) is 5.75 Å². The number of ether oxygens (including phenoxy) is 2. The van der Waals surface area contributed by atoms with Crippen molar-refractivity contribution >= 4 is 5.97 Å². The molecule has 0 aromatic heterocycles. The van der Waals surface area contributed by atoms with Crippen LogP contribution >= 0.6 is 0 Å². The second kappa shape index (κ2) is 12.6. The lowest BCUT2D eigenvalue weighted by Crippen LogP contribution is -2.27. The van der Waals surface area contributed by atoms with Crippen LogP contribution in [-0.2, 0) is 29.0 Å². The first-order valence-corrected chi connectivity index (χ1v) is 13.7. The molecule has 4 nitrogen and oxygen atoms in total. The minimum Gasteiger partial charge on any atom is -0.482 e. The van der Waals surface area contributed by atoms with Gasteiger partial charge in [0.1, 0.15) is 12.4 Å². The summed E-state index contributed by atoms with van der Waals surface area (Å²) in [7, 11) is 0. The Morgan fingerprint density at radius 1 is 1.06 bits per heavy atom. The van der Waals surface area contributed by atoms with E-state index < -0.39 is 0 Å². The Balaban J connectivity index is 1.31. The Morgan fingerprint density at radius 2 is 1.89 bits per heavy atom. The van der Waals surface area contributed by atoms with E-state index in [-0.39, 0.29) is 25.3 Å². The quantitative estimate of drug-likeness (QED) is 0.279. The Bertz CT molecular complexity index is 940. The predicted octanol–water partition coefficient (Wildman–Crippen LogP) is 6.52. The molecule has 0 aliphatic heterocycles. The fourth-order valence-corrected chi connectivity index (χ4v) is 6.41. The van der Waals surface area contributed by atoms with Gasteiger partial charge in [0.15, 0.2) is 6.61 Å². The van der Waals surface area contributed by atoms with Gasteiger partial charge in [-0.3, -0.25) is 0 Å². The summed E-state index contributed by atoms with van der Waals surface area (Å²) >= 11 is 0. The number of hydrogen-bond donors (Lipinski definition) is 1. The highest BCUT2D eigenvalue weighted by molar-refractivity contribution is 5.71. The van der Waals surface area contributed by atoms with Crippen LogP contribution in [0.3, 0.4) is 0 Å². The lowest BCUT2D eigenvalue weighted by Gasteiger charge is -2.33. The summed E-state index contributed by atoms with van der Waals surface area (Å²) in [6.07, 6.45) is 9.77. The molecule has 0 amide bonds. The van der Waals surface area contributed by atoms with Crippen LogP contribution < -0.4 is 4.74 Å². The number of carbonyl (C=O) groups is 1. The molecule has 1 fully saturated rings. The summed E-state index contributed by atoms with van der Waals surface area (Å²) in [5, 5.41) is 10.5. The van der Waals surface area contributed by atoms with Gasteiger partial charge in [-0.15, -0.1) is 0 Å². The largest absolute Gasteiger partial charge is 0.482 e. The van der Waals surface area contributed by atoms with Crippen LogP contribution in [0.25, 0.3) is 0 Å². The Morgan fingerprint density at radius 3 is 2.69 bits per heavy atom. The fourth-order valence-electron chi connectivity index (χ4n) is 6.41. The monoisotopic (exact) mass is 478 g/mol. The normalized spacial score (nSPS) is 23.9. The van der Waals surface area contributed by atoms with E-state index in [0.717, 1.165) is 49.8 Å². The maximum Gasteiger partial charge on any atom is 0.344 e. The zero-order chi connectivity index (χ0) is 24.6. The minimum atomic E-state index is -0.341. The summed E-state index contributed by atoms with van der Waals surface area (Å²) in [4.78, 5) is 12.3. The molecule has 190 valence electrons. The van der Waals surface area contributed by atoms with Gasteiger partial charge in [-0.25, -0.2) is 4.79 Å². The van der Waals surface area contributed by atoms with Crippen molar-refractivity contribution in [1.29, 1.82) is 0 Å². The Kier molecular flexibility index (Phi) is 9.25. The lowest BCUT2D eigenvalue weighted by atomic mass is 9.73. The minimum absolute atomic E-state index is 0.0632. The van der Waals surface area contributed by atoms with Crippen molar-refractivity contribution < 1.29 is 19.4 Å². The molecule has 4 heteroatoms. The van der Waals surface area contributed by atoms with Crippen molar-refractivity contribution in [2.24, 2.45) is 23.7 Å². The highest BCUT2D eigenvalue weighted by Gasteiger charge is 2.43. The van der Waals surface area contributed by atoms with E-state index in [1.807, 2.05) is 36.4 Å². The second-order valence-corrected chi connectivity index (χ2v) is 10.8. The van der Waals surface area contributed by atoms with Crippen molar-refractivity contribution in [1.82, 2.24) is 0 Å². The Labute approximate surface area is 211 Å². The van der Waals surface area contributed by atoms with Crippen molar-refractivity contribution in [2.75, 3.05) is 6.61 Å². The van der Waals surface area contributed by atoms with Gasteiger partial charge < -0.3 is 14.6 Å². The van der Waals surface area contributed by atoms with Gasteiger partial charge >= 0.3 is 5.97 Å². The molecule has 5 atom stereocenters. The molecule has 2 aromatic rings. The second-order valence-electron chi connectivity index (χ2n) is 10.8. The maximum absolute atomic E-state index is 12.3. The smallest absolute Gasteiger partial charge is 0.344 e. The molecule has 4 rings (SSSR count). The highest BCUT2D eigenvalue weighted by atomic mass is 16.6. The average molecular weight is 479 g/mol. The predicted molar refractivity (Wildman–Crippen MR) is 139 cm³/mol. The first kappa shape index (κ1) is 25.8. The lowest BCUT2D eigenvalue weighted by molar-refractivity contribution is -0.147. The molecule has 0 saturated heterocycles. The fraction of sp³-hybridized carbons (Fsp3) is 0.581. The molecule has 0 unspecified atom stereocenters. The van der Waals surface area contributed by atoms with Crippen LogP contribution in [0.1, 0.15) is 75.5 Å². The number of fused-ring (bicyclic) bond motifs is 2. The first-order valence-electron chi connectivity index (χ1n) is 13.7. The number of esters is 1. The van der Waals surface area contributed by atoms with Crippen molar-refractivity contribution in [3.05, 3.63) is 65.2 Å². The van der Waals surface area contributed by atoms with Gasteiger partial charge in [0, 0.05) is 0 Å². The highest BCUT2D eigenvalue weighted by Crippen LogP contribution is 2.51. The van der Waals surface area contributed by atoms with Crippen LogP contribution in [0, 0.1) is 23.7 Å². The number of benzene rings is 2. The summed E-state index contributed by atoms with van der Waals surface area (Å²) in [5.41, 5.74) is 3.61. The molecule has 0 bridgehead atoms. The van der Waals surface area contributed by atoms with Crippen LogP contribution in [0.5, 0.6) is 5.75 Å². The molecule has 2 aromatic carbocycles. The zero-order valence-electron chi connectivity index (χ0n) is 21.5. The molecular formula is C31H42O4. The van der Waals surface area contributed by atoms with E-state index in [1.165, 1.54) is 30.4 Å². The average Bonchev–Trinajstić information content (AvgIpc) is 3.18. The molecule has 0 heterocycles. The molecule has 1 N–H and O–H groups in total. The molecule has 2 aliphatic rings. The van der Waals surface area contributed by atoms with Crippen LogP contribution in [0.4, 0.5) is 0 Å². The maximum atomic E-state index is 12.3. The van der Waals surface area contributed by atoms with Gasteiger partial charge in [0.05, 0.1) is 6.10 Å². The van der Waals surface area contributed by atoms with Gasteiger partial charge in [-0.1, -0.05) is 75.6 Å². The van der Waals surface area contributed by atoms with Crippen LogP contribution in [0.15, 0.2) is 48.5 Å². The third-order valence-corrected chi connectivity index (χ3v) is 8.28. The van der Waals surface area contributed by atoms with E-state index in [9.17, 15) is 9.90 Å². The number of aliphatic hydroxyl groups is 1. The van der Waals surface area contributed by atoms with Crippen molar-refractivity contribution in [2.45, 2.75) is 84.3 Å². The number of hydrogen-bond acceptors (Lipinski definition) is 4. The van der Waals surface area contributed by atoms with Crippen molar-refractivity contribution in [3.63, 3.8) is 0 Å². The number of aliphatic hydroxyl groups excluding tert-OH is 1. The third kappa shape index (κ3) is 6.88. The molecule has 0 radical (unpaired) electrons. The van der Waals surface area contributed by atoms with E-state index in [2.05, 4.69) is 26.0 Å². The molecule has 2 aliphatic carbocycles. The third-order valence-electron chi connectivity index (χ3n) is 8.28. The summed E-state index contributed by atoms with van der Waals surface area (Å²) in [6.45, 7) is 4.82. The number of rotatable bonds is 12. The molecule has 1 saturated carbocycles. The number of carbonyl (C=O) groups excluding carboxylic acids is 1. The van der Waals surface area contributed by atoms with Gasteiger partial charge in [-0.05, 0) is 85.0 Å². The Hall–Kier alpha value is -2.33. The summed E-state index contributed by atoms with van der Waals surface area (Å²) < 4.78 is 11.4. The SMILES string of the molecule is CCCCC[C@H](O)CC[C@@H]1[C@H]2Cc3cccc(OCC(=O)OCc4ccccc4)c3C[C@H]2C[C@H]1C. The van der Waals surface area contributed by atoms with E-state index >= 15 is 0 Å². The summed E-state index contributed by atoms with van der Waals surface area (Å²) in [6, 6.07) is 16.0. The topological polar surface area (TPSA) is 55.8 Å².